The number of urea groups is 1. The first-order chi connectivity index (χ1) is 12.7. The molecule has 4 N–H and O–H groups in total. The van der Waals surface area contributed by atoms with Gasteiger partial charge in [-0.25, -0.2) is 14.4 Å². The lowest BCUT2D eigenvalue weighted by Crippen LogP contribution is -2.47. The topological polar surface area (TPSA) is 134 Å². The standard InChI is InChI=1S/C18H20N2O7/c1-18(25,16(22)23)10-19-17(24)20-13-7-8-14(27-9-15(21)26-2)12-6-4-3-5-11(12)13/h3-8,25H,9-10H2,1-2H3,(H,22,23)(H2,19,20,24). The number of amides is 2. The number of aliphatic carboxylic acids is 1. The van der Waals surface area contributed by atoms with Gasteiger partial charge in [0.15, 0.2) is 12.2 Å². The molecule has 0 heterocycles. The summed E-state index contributed by atoms with van der Waals surface area (Å²) in [6.45, 7) is 0.364. The molecule has 0 saturated heterocycles. The van der Waals surface area contributed by atoms with Crippen molar-refractivity contribution in [2.24, 2.45) is 0 Å². The minimum atomic E-state index is -2.08. The van der Waals surface area contributed by atoms with E-state index in [1.807, 2.05) is 0 Å². The molecule has 0 radical (unpaired) electrons. The van der Waals surface area contributed by atoms with E-state index in [9.17, 15) is 19.5 Å². The average molecular weight is 376 g/mol. The van der Waals surface area contributed by atoms with E-state index < -0.39 is 30.1 Å². The number of rotatable bonds is 7. The molecule has 0 aliphatic carbocycles. The molecule has 0 spiro atoms. The summed E-state index contributed by atoms with van der Waals surface area (Å²) in [4.78, 5) is 34.2. The monoisotopic (exact) mass is 376 g/mol. The van der Waals surface area contributed by atoms with Crippen molar-refractivity contribution in [3.05, 3.63) is 36.4 Å². The van der Waals surface area contributed by atoms with Gasteiger partial charge in [0.1, 0.15) is 5.75 Å². The highest BCUT2D eigenvalue weighted by Gasteiger charge is 2.30. The summed E-state index contributed by atoms with van der Waals surface area (Å²) in [7, 11) is 1.26. The number of hydrogen-bond acceptors (Lipinski definition) is 6. The maximum Gasteiger partial charge on any atom is 0.343 e. The number of fused-ring (bicyclic) bond motifs is 1. The third-order valence-corrected chi connectivity index (χ3v) is 3.76. The number of esters is 1. The highest BCUT2D eigenvalue weighted by molar-refractivity contribution is 6.04. The van der Waals surface area contributed by atoms with E-state index >= 15 is 0 Å². The highest BCUT2D eigenvalue weighted by atomic mass is 16.6. The van der Waals surface area contributed by atoms with Crippen molar-refractivity contribution in [2.75, 3.05) is 25.6 Å². The number of hydrogen-bond donors (Lipinski definition) is 4. The van der Waals surface area contributed by atoms with Crippen LogP contribution in [-0.2, 0) is 14.3 Å². The number of ether oxygens (including phenoxy) is 2. The summed E-state index contributed by atoms with van der Waals surface area (Å²) >= 11 is 0. The molecule has 0 aliphatic heterocycles. The van der Waals surface area contributed by atoms with E-state index in [2.05, 4.69) is 15.4 Å². The summed E-state index contributed by atoms with van der Waals surface area (Å²) in [5.41, 5.74) is -1.63. The summed E-state index contributed by atoms with van der Waals surface area (Å²) in [5, 5.41) is 24.7. The number of anilines is 1. The molecule has 0 aromatic heterocycles. The van der Waals surface area contributed by atoms with Crippen molar-refractivity contribution < 1.29 is 34.1 Å². The lowest BCUT2D eigenvalue weighted by molar-refractivity contribution is -0.155. The maximum absolute atomic E-state index is 12.0. The number of nitrogens with one attached hydrogen (secondary N) is 2. The van der Waals surface area contributed by atoms with Crippen LogP contribution in [0.5, 0.6) is 5.75 Å². The molecular weight excluding hydrogens is 356 g/mol. The Bertz CT molecular complexity index is 864. The van der Waals surface area contributed by atoms with Crippen LogP contribution in [0, 0.1) is 0 Å². The lowest BCUT2D eigenvalue weighted by atomic mass is 10.1. The fourth-order valence-corrected chi connectivity index (χ4v) is 2.20. The minimum absolute atomic E-state index is 0.252. The summed E-state index contributed by atoms with van der Waals surface area (Å²) in [6, 6.07) is 9.57. The predicted molar refractivity (Wildman–Crippen MR) is 96.7 cm³/mol. The third-order valence-electron chi connectivity index (χ3n) is 3.76. The van der Waals surface area contributed by atoms with Gasteiger partial charge in [0.05, 0.1) is 19.3 Å². The molecule has 0 bridgehead atoms. The Kier molecular flexibility index (Phi) is 6.19. The van der Waals surface area contributed by atoms with Crippen LogP contribution in [0.2, 0.25) is 0 Å². The van der Waals surface area contributed by atoms with Crippen LogP contribution in [0.25, 0.3) is 10.8 Å². The van der Waals surface area contributed by atoms with E-state index in [4.69, 9.17) is 9.84 Å². The third kappa shape index (κ3) is 5.08. The first-order valence-electron chi connectivity index (χ1n) is 7.96. The van der Waals surface area contributed by atoms with Gasteiger partial charge < -0.3 is 30.3 Å². The number of methoxy groups -OCH3 is 1. The number of carboxylic acids is 1. The zero-order valence-electron chi connectivity index (χ0n) is 14.8. The van der Waals surface area contributed by atoms with Crippen LogP contribution in [0.1, 0.15) is 6.92 Å². The van der Waals surface area contributed by atoms with Crippen molar-refractivity contribution in [1.82, 2.24) is 5.32 Å². The molecule has 0 fully saturated rings. The van der Waals surface area contributed by atoms with Crippen LogP contribution < -0.4 is 15.4 Å². The van der Waals surface area contributed by atoms with Gasteiger partial charge in [-0.3, -0.25) is 0 Å². The van der Waals surface area contributed by atoms with Crippen molar-refractivity contribution in [1.29, 1.82) is 0 Å². The van der Waals surface area contributed by atoms with E-state index in [-0.39, 0.29) is 6.61 Å². The molecule has 1 unspecified atom stereocenters. The Morgan fingerprint density at radius 3 is 2.41 bits per heavy atom. The van der Waals surface area contributed by atoms with E-state index in [1.54, 1.807) is 36.4 Å². The largest absolute Gasteiger partial charge is 0.481 e. The Hall–Kier alpha value is -3.33. The molecule has 27 heavy (non-hydrogen) atoms. The number of carboxylic acid groups (broad SMARTS) is 1. The summed E-state index contributed by atoms with van der Waals surface area (Å²) < 4.78 is 9.99. The average Bonchev–Trinajstić information content (AvgIpc) is 2.65. The molecule has 2 rings (SSSR count). The van der Waals surface area contributed by atoms with Gasteiger partial charge in [-0.15, -0.1) is 0 Å². The predicted octanol–water partition coefficient (Wildman–Crippen LogP) is 1.35. The van der Waals surface area contributed by atoms with Crippen LogP contribution >= 0.6 is 0 Å². The molecule has 2 aromatic rings. The number of aliphatic hydroxyl groups is 1. The smallest absolute Gasteiger partial charge is 0.343 e. The molecule has 144 valence electrons. The van der Waals surface area contributed by atoms with Crippen LogP contribution in [-0.4, -0.2) is 54.0 Å². The SMILES string of the molecule is COC(=O)COc1ccc(NC(=O)NCC(C)(O)C(=O)O)c2ccccc12. The Morgan fingerprint density at radius 2 is 1.78 bits per heavy atom. The molecule has 9 nitrogen and oxygen atoms in total. The van der Waals surface area contributed by atoms with Gasteiger partial charge in [0.25, 0.3) is 0 Å². The van der Waals surface area contributed by atoms with E-state index in [0.29, 0.717) is 22.2 Å². The van der Waals surface area contributed by atoms with Gasteiger partial charge in [-0.1, -0.05) is 24.3 Å². The normalized spacial score (nSPS) is 12.7. The fraction of sp³-hybridized carbons (Fsp3) is 0.278. The second-order valence-corrected chi connectivity index (χ2v) is 5.91. The molecule has 0 aliphatic rings. The molecular formula is C18H20N2O7. The zero-order chi connectivity index (χ0) is 20.0. The number of benzene rings is 2. The lowest BCUT2D eigenvalue weighted by Gasteiger charge is -2.19. The number of carbonyl (C=O) groups is 3. The van der Waals surface area contributed by atoms with Gasteiger partial charge in [0, 0.05) is 10.8 Å². The quantitative estimate of drug-likeness (QED) is 0.536. The van der Waals surface area contributed by atoms with E-state index in [1.165, 1.54) is 7.11 Å². The molecule has 2 amide bonds. The summed E-state index contributed by atoms with van der Waals surface area (Å²) in [5.74, 6) is -1.53. The highest BCUT2D eigenvalue weighted by Crippen LogP contribution is 2.31. The van der Waals surface area contributed by atoms with Gasteiger partial charge in [0.2, 0.25) is 0 Å². The first kappa shape index (κ1) is 20.0. The van der Waals surface area contributed by atoms with E-state index in [0.717, 1.165) is 6.92 Å². The maximum atomic E-state index is 12.0. The zero-order valence-corrected chi connectivity index (χ0v) is 14.8. The van der Waals surface area contributed by atoms with Gasteiger partial charge in [-0.2, -0.15) is 0 Å². The van der Waals surface area contributed by atoms with Crippen LogP contribution in [0.4, 0.5) is 10.5 Å². The van der Waals surface area contributed by atoms with Crippen LogP contribution in [0.15, 0.2) is 36.4 Å². The molecule has 1 atom stereocenters. The van der Waals surface area contributed by atoms with Crippen molar-refractivity contribution in [3.63, 3.8) is 0 Å². The molecule has 2 aromatic carbocycles. The Labute approximate surface area is 154 Å². The second-order valence-electron chi connectivity index (χ2n) is 5.91. The van der Waals surface area contributed by atoms with Crippen molar-refractivity contribution >= 4 is 34.4 Å². The molecule has 0 saturated carbocycles. The Morgan fingerprint density at radius 1 is 1.11 bits per heavy atom. The fourth-order valence-electron chi connectivity index (χ4n) is 2.20. The molecule has 9 heteroatoms. The summed E-state index contributed by atoms with van der Waals surface area (Å²) in [6.07, 6.45) is 0. The van der Waals surface area contributed by atoms with Crippen molar-refractivity contribution in [2.45, 2.75) is 12.5 Å². The Balaban J connectivity index is 2.16. The van der Waals surface area contributed by atoms with Crippen LogP contribution in [0.3, 0.4) is 0 Å². The number of carbonyl (C=O) groups excluding carboxylic acids is 2. The second kappa shape index (κ2) is 8.37. The van der Waals surface area contributed by atoms with Crippen molar-refractivity contribution in [3.8, 4) is 5.75 Å². The first-order valence-corrected chi connectivity index (χ1v) is 7.96. The van der Waals surface area contributed by atoms with Gasteiger partial charge in [-0.05, 0) is 19.1 Å². The minimum Gasteiger partial charge on any atom is -0.481 e. The van der Waals surface area contributed by atoms with Gasteiger partial charge >= 0.3 is 18.0 Å².